The van der Waals surface area contributed by atoms with E-state index in [1.54, 1.807) is 6.07 Å². The van der Waals surface area contributed by atoms with Gasteiger partial charge in [0.05, 0.1) is 11.0 Å². The Labute approximate surface area is 159 Å². The predicted octanol–water partition coefficient (Wildman–Crippen LogP) is 5.70. The summed E-state index contributed by atoms with van der Waals surface area (Å²) in [6, 6.07) is 20.1. The number of fused-ring (bicyclic) bond motifs is 2. The van der Waals surface area contributed by atoms with Gasteiger partial charge in [-0.1, -0.05) is 62.2 Å². The predicted molar refractivity (Wildman–Crippen MR) is 112 cm³/mol. The van der Waals surface area contributed by atoms with E-state index in [1.807, 2.05) is 30.3 Å². The Balaban J connectivity index is 1.66. The van der Waals surface area contributed by atoms with Crippen molar-refractivity contribution in [3.8, 4) is 5.75 Å². The van der Waals surface area contributed by atoms with Crippen LogP contribution < -0.4 is 5.32 Å². The van der Waals surface area contributed by atoms with Crippen LogP contribution in [0.5, 0.6) is 5.75 Å². The molecule has 27 heavy (non-hydrogen) atoms. The van der Waals surface area contributed by atoms with Crippen molar-refractivity contribution < 1.29 is 5.11 Å². The van der Waals surface area contributed by atoms with Crippen LogP contribution in [0, 0.1) is 0 Å². The van der Waals surface area contributed by atoms with E-state index < -0.39 is 0 Å². The van der Waals surface area contributed by atoms with Crippen molar-refractivity contribution in [1.82, 2.24) is 9.55 Å². The fourth-order valence-corrected chi connectivity index (χ4v) is 3.63. The third-order valence-corrected chi connectivity index (χ3v) is 5.08. The van der Waals surface area contributed by atoms with Gasteiger partial charge < -0.3 is 15.0 Å². The molecule has 1 aromatic heterocycles. The number of phenolic OH excluding ortho intramolecular Hbond substituents is 1. The molecule has 0 fully saturated rings. The van der Waals surface area contributed by atoms with Crippen LogP contribution in [0.1, 0.15) is 31.7 Å². The molecule has 0 amide bonds. The zero-order valence-corrected chi connectivity index (χ0v) is 15.7. The Hall–Kier alpha value is -3.01. The van der Waals surface area contributed by atoms with Crippen LogP contribution in [-0.2, 0) is 13.1 Å². The van der Waals surface area contributed by atoms with E-state index in [0.29, 0.717) is 12.3 Å². The molecule has 3 aromatic carbocycles. The number of unbranched alkanes of at least 4 members (excludes halogenated alkanes) is 2. The highest BCUT2D eigenvalue weighted by Crippen LogP contribution is 2.28. The number of para-hydroxylation sites is 2. The Bertz CT molecular complexity index is 1070. The smallest absolute Gasteiger partial charge is 0.204 e. The molecule has 1 heterocycles. The third kappa shape index (κ3) is 3.47. The first-order valence-electron chi connectivity index (χ1n) is 9.66. The average Bonchev–Trinajstić information content (AvgIpc) is 3.05. The number of benzene rings is 3. The van der Waals surface area contributed by atoms with Gasteiger partial charge in [0.1, 0.15) is 5.75 Å². The van der Waals surface area contributed by atoms with Gasteiger partial charge in [0.25, 0.3) is 0 Å². The van der Waals surface area contributed by atoms with Crippen LogP contribution in [0.25, 0.3) is 21.8 Å². The highest BCUT2D eigenvalue weighted by atomic mass is 16.3. The molecule has 0 aliphatic rings. The van der Waals surface area contributed by atoms with E-state index in [1.165, 1.54) is 12.8 Å². The number of imidazole rings is 1. The summed E-state index contributed by atoms with van der Waals surface area (Å²) in [5.74, 6) is 1.18. The number of aromatic nitrogens is 2. The van der Waals surface area contributed by atoms with Gasteiger partial charge in [-0.2, -0.15) is 0 Å². The summed E-state index contributed by atoms with van der Waals surface area (Å²) in [7, 11) is 0. The molecule has 0 unspecified atom stereocenters. The Kier molecular flexibility index (Phi) is 4.97. The molecular formula is C23H25N3O. The van der Waals surface area contributed by atoms with E-state index in [-0.39, 0.29) is 0 Å². The molecule has 0 aliphatic heterocycles. The van der Waals surface area contributed by atoms with Crippen molar-refractivity contribution in [3.63, 3.8) is 0 Å². The molecule has 4 heteroatoms. The van der Waals surface area contributed by atoms with Gasteiger partial charge in [-0.25, -0.2) is 4.98 Å². The lowest BCUT2D eigenvalue weighted by Crippen LogP contribution is -2.08. The lowest BCUT2D eigenvalue weighted by atomic mass is 10.0. The molecule has 0 radical (unpaired) electrons. The maximum atomic E-state index is 10.4. The first-order chi connectivity index (χ1) is 13.3. The molecule has 0 atom stereocenters. The molecule has 0 bridgehead atoms. The minimum Gasteiger partial charge on any atom is -0.508 e. The molecule has 4 aromatic rings. The van der Waals surface area contributed by atoms with Gasteiger partial charge in [-0.05, 0) is 35.4 Å². The monoisotopic (exact) mass is 359 g/mol. The van der Waals surface area contributed by atoms with Crippen molar-refractivity contribution >= 4 is 27.8 Å². The number of rotatable bonds is 7. The summed E-state index contributed by atoms with van der Waals surface area (Å²) in [5, 5.41) is 16.1. The van der Waals surface area contributed by atoms with Crippen LogP contribution >= 0.6 is 0 Å². The lowest BCUT2D eigenvalue weighted by Gasteiger charge is -2.13. The fraction of sp³-hybridized carbons (Fsp3) is 0.261. The number of hydrogen-bond acceptors (Lipinski definition) is 3. The normalized spacial score (nSPS) is 11.3. The highest BCUT2D eigenvalue weighted by Gasteiger charge is 2.12. The van der Waals surface area contributed by atoms with Gasteiger partial charge >= 0.3 is 0 Å². The molecule has 2 N–H and O–H groups in total. The number of aromatic hydroxyl groups is 1. The van der Waals surface area contributed by atoms with E-state index in [0.717, 1.165) is 46.3 Å². The molecule has 0 aliphatic carbocycles. The Morgan fingerprint density at radius 1 is 0.963 bits per heavy atom. The van der Waals surface area contributed by atoms with E-state index >= 15 is 0 Å². The zero-order chi connectivity index (χ0) is 18.6. The average molecular weight is 359 g/mol. The summed E-state index contributed by atoms with van der Waals surface area (Å²) >= 11 is 0. The largest absolute Gasteiger partial charge is 0.508 e. The van der Waals surface area contributed by atoms with Gasteiger partial charge in [0, 0.05) is 18.7 Å². The molecule has 0 spiro atoms. The molecule has 4 rings (SSSR count). The van der Waals surface area contributed by atoms with Gasteiger partial charge in [0.2, 0.25) is 5.95 Å². The van der Waals surface area contributed by atoms with E-state index in [4.69, 9.17) is 4.98 Å². The van der Waals surface area contributed by atoms with Gasteiger partial charge in [-0.15, -0.1) is 0 Å². The number of aryl methyl sites for hydroxylation is 1. The number of anilines is 1. The summed E-state index contributed by atoms with van der Waals surface area (Å²) in [6.07, 6.45) is 3.53. The van der Waals surface area contributed by atoms with Crippen molar-refractivity contribution in [2.75, 3.05) is 5.32 Å². The second kappa shape index (κ2) is 7.70. The van der Waals surface area contributed by atoms with Crippen molar-refractivity contribution in [2.45, 2.75) is 39.3 Å². The van der Waals surface area contributed by atoms with E-state index in [9.17, 15) is 5.11 Å². The minimum absolute atomic E-state index is 0.315. The summed E-state index contributed by atoms with van der Waals surface area (Å²) in [5.41, 5.74) is 3.05. The second-order valence-corrected chi connectivity index (χ2v) is 6.92. The first kappa shape index (κ1) is 17.4. The molecular weight excluding hydrogens is 334 g/mol. The molecule has 0 saturated heterocycles. The zero-order valence-electron chi connectivity index (χ0n) is 15.7. The fourth-order valence-electron chi connectivity index (χ4n) is 3.63. The second-order valence-electron chi connectivity index (χ2n) is 6.92. The summed E-state index contributed by atoms with van der Waals surface area (Å²) < 4.78 is 2.26. The van der Waals surface area contributed by atoms with Crippen LogP contribution in [-0.4, -0.2) is 14.7 Å². The topological polar surface area (TPSA) is 50.1 Å². The Morgan fingerprint density at radius 3 is 2.67 bits per heavy atom. The quantitative estimate of drug-likeness (QED) is 0.416. The van der Waals surface area contributed by atoms with Crippen LogP contribution in [0.2, 0.25) is 0 Å². The highest BCUT2D eigenvalue weighted by molar-refractivity contribution is 5.88. The number of hydrogen-bond donors (Lipinski definition) is 2. The molecule has 138 valence electrons. The minimum atomic E-state index is 0.315. The van der Waals surface area contributed by atoms with Crippen LogP contribution in [0.4, 0.5) is 5.95 Å². The van der Waals surface area contributed by atoms with Crippen LogP contribution in [0.3, 0.4) is 0 Å². The Morgan fingerprint density at radius 2 is 1.78 bits per heavy atom. The maximum Gasteiger partial charge on any atom is 0.204 e. The van der Waals surface area contributed by atoms with Gasteiger partial charge in [-0.3, -0.25) is 0 Å². The SMILES string of the molecule is CCCCCn1c(NCc2c(O)ccc3ccccc23)nc2ccccc21. The van der Waals surface area contributed by atoms with Crippen molar-refractivity contribution in [1.29, 1.82) is 0 Å². The summed E-state index contributed by atoms with van der Waals surface area (Å²) in [4.78, 5) is 4.79. The van der Waals surface area contributed by atoms with Crippen molar-refractivity contribution in [3.05, 3.63) is 66.2 Å². The first-order valence-corrected chi connectivity index (χ1v) is 9.66. The maximum absolute atomic E-state index is 10.4. The van der Waals surface area contributed by atoms with Crippen LogP contribution in [0.15, 0.2) is 60.7 Å². The summed E-state index contributed by atoms with van der Waals surface area (Å²) in [6.45, 7) is 3.69. The standard InChI is InChI=1S/C23H25N3O/c1-2-3-8-15-26-21-12-7-6-11-20(21)25-23(26)24-16-19-18-10-5-4-9-17(18)13-14-22(19)27/h4-7,9-14,27H,2-3,8,15-16H2,1H3,(H,24,25). The molecule has 4 nitrogen and oxygen atoms in total. The third-order valence-electron chi connectivity index (χ3n) is 5.08. The lowest BCUT2D eigenvalue weighted by molar-refractivity contribution is 0.470. The number of nitrogens with one attached hydrogen (secondary N) is 1. The van der Waals surface area contributed by atoms with E-state index in [2.05, 4.69) is 41.1 Å². The number of phenols is 1. The van der Waals surface area contributed by atoms with Crippen molar-refractivity contribution in [2.24, 2.45) is 0 Å². The number of nitrogens with zero attached hydrogens (tertiary/aromatic N) is 2. The molecule has 0 saturated carbocycles. The van der Waals surface area contributed by atoms with Gasteiger partial charge in [0.15, 0.2) is 0 Å².